The third-order valence-electron chi connectivity index (χ3n) is 5.08. The van der Waals surface area contributed by atoms with Crippen molar-refractivity contribution in [1.29, 1.82) is 0 Å². The summed E-state index contributed by atoms with van der Waals surface area (Å²) >= 11 is 0. The molecule has 1 amide bonds. The van der Waals surface area contributed by atoms with Gasteiger partial charge in [-0.1, -0.05) is 0 Å². The van der Waals surface area contributed by atoms with Crippen molar-refractivity contribution in [3.63, 3.8) is 0 Å². The van der Waals surface area contributed by atoms with Crippen LogP contribution in [0.15, 0.2) is 30.3 Å². The topological polar surface area (TPSA) is 179 Å². The molecule has 0 unspecified atom stereocenters. The molecule has 0 aliphatic carbocycles. The van der Waals surface area contributed by atoms with Crippen LogP contribution in [0, 0.1) is 0 Å². The van der Waals surface area contributed by atoms with Gasteiger partial charge < -0.3 is 31.2 Å². The molecule has 1 aliphatic heterocycles. The molecule has 3 rings (SSSR count). The number of amides is 1. The first-order valence-electron chi connectivity index (χ1n) is 9.83. The maximum atomic E-state index is 12.9. The highest BCUT2D eigenvalue weighted by molar-refractivity contribution is 5.99. The maximum absolute atomic E-state index is 12.9. The molecule has 168 valence electrons. The highest BCUT2D eigenvalue weighted by Gasteiger charge is 2.28. The van der Waals surface area contributed by atoms with E-state index < -0.39 is 36.2 Å². The van der Waals surface area contributed by atoms with Crippen LogP contribution in [0.3, 0.4) is 0 Å². The molecule has 0 saturated heterocycles. The monoisotopic (exact) mass is 442 g/mol. The van der Waals surface area contributed by atoms with Gasteiger partial charge in [-0.2, -0.15) is 0 Å². The molecule has 0 spiro atoms. The molecule has 0 saturated carbocycles. The second-order valence-electron chi connectivity index (χ2n) is 7.34. The lowest BCUT2D eigenvalue weighted by molar-refractivity contribution is -0.140. The van der Waals surface area contributed by atoms with Crippen LogP contribution in [0.1, 0.15) is 57.0 Å². The van der Waals surface area contributed by atoms with Crippen molar-refractivity contribution in [3.05, 3.63) is 52.6 Å². The average molecular weight is 442 g/mol. The van der Waals surface area contributed by atoms with Crippen molar-refractivity contribution in [2.75, 3.05) is 12.3 Å². The molecule has 10 heteroatoms. The normalized spacial score (nSPS) is 14.2. The molecule has 6 N–H and O–H groups in total. The summed E-state index contributed by atoms with van der Waals surface area (Å²) in [6, 6.07) is 7.24. The molecule has 10 nitrogen and oxygen atoms in total. The summed E-state index contributed by atoms with van der Waals surface area (Å²) in [5.74, 6) is -5.63. The largest absolute Gasteiger partial charge is 0.489 e. The zero-order valence-corrected chi connectivity index (χ0v) is 17.0. The van der Waals surface area contributed by atoms with Crippen LogP contribution in [0.25, 0.3) is 0 Å². The van der Waals surface area contributed by atoms with Gasteiger partial charge in [-0.25, -0.2) is 4.79 Å². The number of anilines is 1. The first-order valence-corrected chi connectivity index (χ1v) is 9.83. The number of ether oxygens (including phenoxy) is 2. The van der Waals surface area contributed by atoms with Crippen molar-refractivity contribution < 1.29 is 38.9 Å². The number of benzene rings is 2. The van der Waals surface area contributed by atoms with Crippen molar-refractivity contribution in [2.24, 2.45) is 5.73 Å². The Morgan fingerprint density at radius 2 is 1.88 bits per heavy atom. The van der Waals surface area contributed by atoms with E-state index in [1.807, 2.05) is 0 Å². The van der Waals surface area contributed by atoms with Crippen molar-refractivity contribution in [1.82, 2.24) is 0 Å². The smallest absolute Gasteiger partial charge is 0.343 e. The first kappa shape index (κ1) is 22.6. The van der Waals surface area contributed by atoms with Gasteiger partial charge >= 0.3 is 17.9 Å². The molecule has 0 fully saturated rings. The van der Waals surface area contributed by atoms with Crippen LogP contribution >= 0.6 is 0 Å². The van der Waals surface area contributed by atoms with Crippen LogP contribution in [-0.2, 0) is 16.0 Å². The average Bonchev–Trinajstić information content (AvgIpc) is 2.71. The number of rotatable bonds is 6. The van der Waals surface area contributed by atoms with Gasteiger partial charge in [-0.05, 0) is 60.7 Å². The third-order valence-corrected chi connectivity index (χ3v) is 5.08. The van der Waals surface area contributed by atoms with E-state index in [0.29, 0.717) is 24.1 Å². The SMILES string of the molecule is NC(=O)c1cc([C@H](CCC(=O)O)C(=O)O)cc2c1OCCCc1cc(N)ccc1C(=O)O2. The number of esters is 1. The Morgan fingerprint density at radius 1 is 1.12 bits per heavy atom. The second-order valence-corrected chi connectivity index (χ2v) is 7.34. The Morgan fingerprint density at radius 3 is 2.53 bits per heavy atom. The highest BCUT2D eigenvalue weighted by atomic mass is 16.6. The number of carboxylic acids is 2. The van der Waals surface area contributed by atoms with Crippen LogP contribution < -0.4 is 20.9 Å². The molecule has 32 heavy (non-hydrogen) atoms. The van der Waals surface area contributed by atoms with Gasteiger partial charge in [0.15, 0.2) is 11.5 Å². The fourth-order valence-corrected chi connectivity index (χ4v) is 3.54. The zero-order chi connectivity index (χ0) is 23.4. The van der Waals surface area contributed by atoms with Gasteiger partial charge in [0.05, 0.1) is 23.7 Å². The minimum atomic E-state index is -1.30. The number of nitrogen functional groups attached to an aromatic ring is 1. The van der Waals surface area contributed by atoms with Gasteiger partial charge in [-0.3, -0.25) is 14.4 Å². The van der Waals surface area contributed by atoms with Crippen LogP contribution in [-0.4, -0.2) is 40.6 Å². The van der Waals surface area contributed by atoms with E-state index in [1.54, 1.807) is 12.1 Å². The standard InChI is InChI=1S/C22H22N2O8/c23-13-3-4-15-11(8-13)2-1-7-31-19-16(20(24)27)9-12(10-17(19)32-22(15)30)14(21(28)29)5-6-18(25)26/h3-4,8-10,14H,1-2,5-7,23H2,(H2,24,27)(H,25,26)(H,28,29)/t14-/m0/s1. The van der Waals surface area contributed by atoms with Crippen molar-refractivity contribution in [2.45, 2.75) is 31.6 Å². The van der Waals surface area contributed by atoms with E-state index in [4.69, 9.17) is 26.0 Å². The van der Waals surface area contributed by atoms with E-state index in [1.165, 1.54) is 18.2 Å². The molecular formula is C22H22N2O8. The fourth-order valence-electron chi connectivity index (χ4n) is 3.54. The van der Waals surface area contributed by atoms with E-state index >= 15 is 0 Å². The number of hydrogen-bond donors (Lipinski definition) is 4. The summed E-state index contributed by atoms with van der Waals surface area (Å²) in [5, 5.41) is 18.5. The van der Waals surface area contributed by atoms with Gasteiger partial charge in [0.1, 0.15) is 0 Å². The predicted molar refractivity (Wildman–Crippen MR) is 112 cm³/mol. The number of aliphatic carboxylic acids is 2. The Balaban J connectivity index is 2.11. The van der Waals surface area contributed by atoms with Crippen molar-refractivity contribution in [3.8, 4) is 11.5 Å². The number of nitrogens with two attached hydrogens (primary N) is 2. The Hall–Kier alpha value is -4.08. The molecule has 2 aromatic carbocycles. The van der Waals surface area contributed by atoms with Gasteiger partial charge in [0.25, 0.3) is 5.91 Å². The lowest BCUT2D eigenvalue weighted by Crippen LogP contribution is -2.20. The number of carbonyl (C=O) groups excluding carboxylic acids is 2. The molecule has 0 radical (unpaired) electrons. The van der Waals surface area contributed by atoms with E-state index in [2.05, 4.69) is 0 Å². The first-order chi connectivity index (χ1) is 15.2. The molecular weight excluding hydrogens is 420 g/mol. The molecule has 0 aromatic heterocycles. The van der Waals surface area contributed by atoms with E-state index in [9.17, 15) is 24.3 Å². The number of aryl methyl sites for hydroxylation is 1. The minimum Gasteiger partial charge on any atom is -0.489 e. The van der Waals surface area contributed by atoms with Gasteiger partial charge in [-0.15, -0.1) is 0 Å². The van der Waals surface area contributed by atoms with Crippen molar-refractivity contribution >= 4 is 29.5 Å². The number of primary amides is 1. The predicted octanol–water partition coefficient (Wildman–Crippen LogP) is 1.94. The Bertz CT molecular complexity index is 1100. The van der Waals surface area contributed by atoms with Crippen LogP contribution in [0.2, 0.25) is 0 Å². The Labute approximate surface area is 182 Å². The number of carboxylic acid groups (broad SMARTS) is 2. The lowest BCUT2D eigenvalue weighted by atomic mass is 9.92. The summed E-state index contributed by atoms with van der Waals surface area (Å²) < 4.78 is 11.2. The quantitative estimate of drug-likeness (QED) is 0.295. The van der Waals surface area contributed by atoms with E-state index in [0.717, 1.165) is 0 Å². The molecule has 1 aliphatic rings. The Kier molecular flexibility index (Phi) is 6.62. The summed E-state index contributed by atoms with van der Waals surface area (Å²) in [4.78, 5) is 47.7. The zero-order valence-electron chi connectivity index (χ0n) is 17.0. The number of carbonyl (C=O) groups is 4. The molecule has 2 aromatic rings. The fraction of sp³-hybridized carbons (Fsp3) is 0.273. The second kappa shape index (κ2) is 9.38. The summed E-state index contributed by atoms with van der Waals surface area (Å²) in [6.07, 6.45) is 0.328. The van der Waals surface area contributed by atoms with Crippen LogP contribution in [0.5, 0.6) is 11.5 Å². The summed E-state index contributed by atoms with van der Waals surface area (Å²) in [6.45, 7) is 0.166. The highest BCUT2D eigenvalue weighted by Crippen LogP contribution is 2.38. The third kappa shape index (κ3) is 4.97. The van der Waals surface area contributed by atoms with E-state index in [-0.39, 0.29) is 41.2 Å². The minimum absolute atomic E-state index is 0.0669. The number of fused-ring (bicyclic) bond motifs is 2. The van der Waals surface area contributed by atoms with Gasteiger partial charge in [0.2, 0.25) is 0 Å². The summed E-state index contributed by atoms with van der Waals surface area (Å²) in [7, 11) is 0. The molecule has 0 bridgehead atoms. The van der Waals surface area contributed by atoms with Gasteiger partial charge in [0, 0.05) is 12.1 Å². The molecule has 1 heterocycles. The lowest BCUT2D eigenvalue weighted by Gasteiger charge is -2.20. The number of hydrogen-bond acceptors (Lipinski definition) is 7. The maximum Gasteiger partial charge on any atom is 0.343 e. The van der Waals surface area contributed by atoms with Crippen LogP contribution in [0.4, 0.5) is 5.69 Å². The summed E-state index contributed by atoms with van der Waals surface area (Å²) in [5.41, 5.74) is 12.6. The molecule has 1 atom stereocenters.